The first-order chi connectivity index (χ1) is 27.8. The minimum atomic E-state index is 0.617. The zero-order valence-electron chi connectivity index (χ0n) is 30.3. The molecule has 56 heavy (non-hydrogen) atoms. The molecular weight excluding hydrogens is 683 g/mol. The topological polar surface area (TPSA) is 48.5 Å². The van der Waals surface area contributed by atoms with Crippen LogP contribution in [0, 0.1) is 0 Å². The number of aromatic nitrogens is 5. The van der Waals surface area contributed by atoms with Gasteiger partial charge in [0.25, 0.3) is 0 Å². The van der Waals surface area contributed by atoms with Gasteiger partial charge in [-0.25, -0.2) is 15.0 Å². The largest absolute Gasteiger partial charge is 0.309 e. The quantitative estimate of drug-likeness (QED) is 0.172. The predicted molar refractivity (Wildman–Crippen MR) is 230 cm³/mol. The van der Waals surface area contributed by atoms with Crippen LogP contribution >= 0.6 is 0 Å². The second-order valence-corrected chi connectivity index (χ2v) is 14.1. The molecule has 0 unspecified atom stereocenters. The van der Waals surface area contributed by atoms with Crippen molar-refractivity contribution in [3.8, 4) is 56.7 Å². The molecule has 0 radical (unpaired) electrons. The highest BCUT2D eigenvalue weighted by Gasteiger charge is 2.20. The van der Waals surface area contributed by atoms with Crippen LogP contribution in [-0.2, 0) is 0 Å². The van der Waals surface area contributed by atoms with E-state index in [9.17, 15) is 0 Å². The summed E-state index contributed by atoms with van der Waals surface area (Å²) in [7, 11) is 0. The first-order valence-corrected chi connectivity index (χ1v) is 18.9. The maximum absolute atomic E-state index is 5.21. The molecule has 0 aliphatic rings. The first kappa shape index (κ1) is 31.9. The van der Waals surface area contributed by atoms with Gasteiger partial charge in [0.2, 0.25) is 0 Å². The van der Waals surface area contributed by atoms with E-state index < -0.39 is 0 Å². The molecule has 0 aliphatic carbocycles. The summed E-state index contributed by atoms with van der Waals surface area (Å²) < 4.78 is 4.76. The molecule has 0 fully saturated rings. The molecule has 11 rings (SSSR count). The third kappa shape index (κ3) is 5.21. The number of benzene rings is 8. The summed E-state index contributed by atoms with van der Waals surface area (Å²) in [5, 5.41) is 4.88. The fraction of sp³-hybridized carbons (Fsp3) is 0. The minimum Gasteiger partial charge on any atom is -0.309 e. The normalized spacial score (nSPS) is 11.6. The molecule has 0 atom stereocenters. The molecule has 0 amide bonds. The Morgan fingerprint density at radius 3 is 1.39 bits per heavy atom. The van der Waals surface area contributed by atoms with Crippen LogP contribution in [0.2, 0.25) is 0 Å². The Kier molecular flexibility index (Phi) is 7.42. The Balaban J connectivity index is 1.14. The van der Waals surface area contributed by atoms with Gasteiger partial charge in [-0.15, -0.1) is 0 Å². The van der Waals surface area contributed by atoms with E-state index in [0.717, 1.165) is 55.7 Å². The summed E-state index contributed by atoms with van der Waals surface area (Å²) in [5.41, 5.74) is 11.8. The second-order valence-electron chi connectivity index (χ2n) is 14.1. The lowest BCUT2D eigenvalue weighted by Crippen LogP contribution is -2.02. The summed E-state index contributed by atoms with van der Waals surface area (Å²) in [5.74, 6) is 1.88. The van der Waals surface area contributed by atoms with Crippen LogP contribution in [0.15, 0.2) is 200 Å². The monoisotopic (exact) mass is 715 g/mol. The molecule has 262 valence electrons. The zero-order valence-corrected chi connectivity index (χ0v) is 30.3. The van der Waals surface area contributed by atoms with Crippen LogP contribution in [0.25, 0.3) is 100 Å². The SMILES string of the molecule is c1ccc(-c2nc(-c3cccc(-n4c5ccccc5c5cc6c7ccccc7n(-c7ccccc7)c6cc54)c3)nc(-c3ccccc3-c3ccccc3)n2)cc1. The number of nitrogens with zero attached hydrogens (tertiary/aromatic N) is 5. The van der Waals surface area contributed by atoms with E-state index in [4.69, 9.17) is 15.0 Å². The average molecular weight is 716 g/mol. The number of para-hydroxylation sites is 3. The number of hydrogen-bond acceptors (Lipinski definition) is 3. The Labute approximate surface area is 323 Å². The van der Waals surface area contributed by atoms with Crippen molar-refractivity contribution in [2.45, 2.75) is 0 Å². The molecule has 0 N–H and O–H groups in total. The third-order valence-corrected chi connectivity index (χ3v) is 10.8. The zero-order chi connectivity index (χ0) is 37.0. The lowest BCUT2D eigenvalue weighted by atomic mass is 9.99. The number of fused-ring (bicyclic) bond motifs is 6. The van der Waals surface area contributed by atoms with Crippen LogP contribution in [0.1, 0.15) is 0 Å². The molecule has 11 aromatic rings. The van der Waals surface area contributed by atoms with E-state index in [1.807, 2.05) is 30.3 Å². The van der Waals surface area contributed by atoms with Crippen LogP contribution < -0.4 is 0 Å². The van der Waals surface area contributed by atoms with Gasteiger partial charge in [-0.2, -0.15) is 0 Å². The van der Waals surface area contributed by atoms with E-state index in [1.165, 1.54) is 27.1 Å². The molecule has 5 heteroatoms. The first-order valence-electron chi connectivity index (χ1n) is 18.9. The van der Waals surface area contributed by atoms with E-state index in [2.05, 4.69) is 179 Å². The van der Waals surface area contributed by atoms with Gasteiger partial charge in [0.1, 0.15) is 0 Å². The van der Waals surface area contributed by atoms with Gasteiger partial charge in [-0.05, 0) is 59.7 Å². The molecule has 8 aromatic carbocycles. The van der Waals surface area contributed by atoms with Crippen molar-refractivity contribution in [1.29, 1.82) is 0 Å². The lowest BCUT2D eigenvalue weighted by molar-refractivity contribution is 1.07. The second kappa shape index (κ2) is 13.0. The molecular formula is C51H33N5. The Bertz CT molecular complexity index is 3240. The molecule has 3 heterocycles. The fourth-order valence-corrected chi connectivity index (χ4v) is 8.24. The summed E-state index contributed by atoms with van der Waals surface area (Å²) in [6.07, 6.45) is 0. The van der Waals surface area contributed by atoms with Gasteiger partial charge in [-0.3, -0.25) is 0 Å². The summed E-state index contributed by atoms with van der Waals surface area (Å²) in [6, 6.07) is 70.3. The Hall–Kier alpha value is -7.63. The summed E-state index contributed by atoms with van der Waals surface area (Å²) >= 11 is 0. The number of hydrogen-bond donors (Lipinski definition) is 0. The van der Waals surface area contributed by atoms with E-state index in [0.29, 0.717) is 17.5 Å². The van der Waals surface area contributed by atoms with Crippen molar-refractivity contribution in [2.75, 3.05) is 0 Å². The highest BCUT2D eigenvalue weighted by atomic mass is 15.0. The molecule has 0 saturated heterocycles. The van der Waals surface area contributed by atoms with Crippen LogP contribution in [-0.4, -0.2) is 24.1 Å². The predicted octanol–water partition coefficient (Wildman–Crippen LogP) is 12.7. The third-order valence-electron chi connectivity index (χ3n) is 10.8. The molecule has 0 bridgehead atoms. The van der Waals surface area contributed by atoms with E-state index >= 15 is 0 Å². The van der Waals surface area contributed by atoms with Gasteiger partial charge in [-0.1, -0.05) is 152 Å². The number of rotatable bonds is 6. The molecule has 0 saturated carbocycles. The maximum atomic E-state index is 5.21. The maximum Gasteiger partial charge on any atom is 0.164 e. The highest BCUT2D eigenvalue weighted by Crippen LogP contribution is 2.40. The molecule has 5 nitrogen and oxygen atoms in total. The van der Waals surface area contributed by atoms with Gasteiger partial charge < -0.3 is 9.13 Å². The standard InChI is InChI=1S/C51H33N5/c1-4-17-34(18-5-1)39-25-10-11-28-42(39)51-53-49(35-19-6-2-7-20-35)52-50(54-51)36-21-16-24-38(31-36)56-46-30-15-13-27-41(46)44-32-43-40-26-12-14-29-45(40)55(47(43)33-48(44)56)37-22-8-3-9-23-37/h1-33H. The highest BCUT2D eigenvalue weighted by molar-refractivity contribution is 6.19. The summed E-state index contributed by atoms with van der Waals surface area (Å²) in [4.78, 5) is 15.4. The van der Waals surface area contributed by atoms with Crippen molar-refractivity contribution >= 4 is 43.6 Å². The Morgan fingerprint density at radius 1 is 0.268 bits per heavy atom. The Morgan fingerprint density at radius 2 is 0.732 bits per heavy atom. The summed E-state index contributed by atoms with van der Waals surface area (Å²) in [6.45, 7) is 0. The molecule has 3 aromatic heterocycles. The molecule has 0 spiro atoms. The lowest BCUT2D eigenvalue weighted by Gasteiger charge is -2.13. The van der Waals surface area contributed by atoms with Crippen molar-refractivity contribution < 1.29 is 0 Å². The van der Waals surface area contributed by atoms with Crippen LogP contribution in [0.5, 0.6) is 0 Å². The van der Waals surface area contributed by atoms with Crippen LogP contribution in [0.4, 0.5) is 0 Å². The van der Waals surface area contributed by atoms with Gasteiger partial charge in [0.05, 0.1) is 22.1 Å². The van der Waals surface area contributed by atoms with Crippen molar-refractivity contribution in [1.82, 2.24) is 24.1 Å². The minimum absolute atomic E-state index is 0.617. The van der Waals surface area contributed by atoms with Crippen molar-refractivity contribution in [3.05, 3.63) is 200 Å². The molecule has 0 aliphatic heterocycles. The smallest absolute Gasteiger partial charge is 0.164 e. The van der Waals surface area contributed by atoms with Crippen molar-refractivity contribution in [2.24, 2.45) is 0 Å². The fourth-order valence-electron chi connectivity index (χ4n) is 8.24. The van der Waals surface area contributed by atoms with E-state index in [-0.39, 0.29) is 0 Å². The van der Waals surface area contributed by atoms with E-state index in [1.54, 1.807) is 0 Å². The van der Waals surface area contributed by atoms with Gasteiger partial charge in [0, 0.05) is 49.6 Å². The van der Waals surface area contributed by atoms with Crippen molar-refractivity contribution in [3.63, 3.8) is 0 Å². The van der Waals surface area contributed by atoms with Gasteiger partial charge in [0.15, 0.2) is 17.5 Å². The average Bonchev–Trinajstić information content (AvgIpc) is 3.78. The van der Waals surface area contributed by atoms with Gasteiger partial charge >= 0.3 is 0 Å². The van der Waals surface area contributed by atoms with Crippen LogP contribution in [0.3, 0.4) is 0 Å².